The summed E-state index contributed by atoms with van der Waals surface area (Å²) in [5, 5.41) is 6.95. The third kappa shape index (κ3) is 1.04. The maximum atomic E-state index is 12.2. The number of ether oxygens (including phenoxy) is 1. The summed E-state index contributed by atoms with van der Waals surface area (Å²) in [6, 6.07) is 8.39. The van der Waals surface area contributed by atoms with Crippen LogP contribution in [0.25, 0.3) is 0 Å². The number of hydrogen-bond donors (Lipinski definition) is 2. The molecule has 4 heteroatoms. The fraction of sp³-hybridized carbons (Fsp3) is 0.533. The Morgan fingerprint density at radius 2 is 2.11 bits per heavy atom. The van der Waals surface area contributed by atoms with Crippen molar-refractivity contribution in [3.8, 4) is 0 Å². The van der Waals surface area contributed by atoms with Gasteiger partial charge in [-0.2, -0.15) is 0 Å². The second-order valence-electron chi connectivity index (χ2n) is 5.95. The van der Waals surface area contributed by atoms with Gasteiger partial charge in [-0.3, -0.25) is 4.79 Å². The van der Waals surface area contributed by atoms with Crippen molar-refractivity contribution in [1.82, 2.24) is 5.32 Å². The number of carbonyl (C=O) groups is 1. The second-order valence-corrected chi connectivity index (χ2v) is 5.95. The first-order valence-corrected chi connectivity index (χ1v) is 6.96. The summed E-state index contributed by atoms with van der Waals surface area (Å²) in [7, 11) is 0. The number of rotatable bonds is 0. The van der Waals surface area contributed by atoms with Crippen molar-refractivity contribution >= 4 is 11.7 Å². The van der Waals surface area contributed by atoms with Crippen LogP contribution in [0.2, 0.25) is 0 Å². The summed E-state index contributed by atoms with van der Waals surface area (Å²) >= 11 is 0. The van der Waals surface area contributed by atoms with Crippen LogP contribution in [0.4, 0.5) is 5.69 Å². The second kappa shape index (κ2) is 3.31. The van der Waals surface area contributed by atoms with E-state index in [1.165, 1.54) is 5.56 Å². The Morgan fingerprint density at radius 1 is 1.32 bits per heavy atom. The fourth-order valence-corrected chi connectivity index (χ4v) is 4.36. The van der Waals surface area contributed by atoms with Crippen LogP contribution in [0.3, 0.4) is 0 Å². The fourth-order valence-electron chi connectivity index (χ4n) is 4.36. The molecule has 100 valence electrons. The molecule has 2 N–H and O–H groups in total. The van der Waals surface area contributed by atoms with Crippen LogP contribution >= 0.6 is 0 Å². The van der Waals surface area contributed by atoms with Gasteiger partial charge in [0.1, 0.15) is 0 Å². The predicted octanol–water partition coefficient (Wildman–Crippen LogP) is 1.62. The van der Waals surface area contributed by atoms with Gasteiger partial charge in [0.2, 0.25) is 5.72 Å². The van der Waals surface area contributed by atoms with E-state index in [1.54, 1.807) is 0 Å². The van der Waals surface area contributed by atoms with Crippen molar-refractivity contribution in [2.75, 3.05) is 11.9 Å². The number of hydrogen-bond acceptors (Lipinski definition) is 4. The highest BCUT2D eigenvalue weighted by atomic mass is 16.6. The molecule has 4 atom stereocenters. The van der Waals surface area contributed by atoms with Gasteiger partial charge in [-0.15, -0.1) is 0 Å². The lowest BCUT2D eigenvalue weighted by Crippen LogP contribution is -2.67. The normalized spacial score (nSPS) is 42.9. The molecule has 3 aliphatic heterocycles. The number of esters is 1. The Morgan fingerprint density at radius 3 is 2.95 bits per heavy atom. The van der Waals surface area contributed by atoms with E-state index in [0.717, 1.165) is 18.7 Å². The lowest BCUT2D eigenvalue weighted by atomic mass is 9.62. The quantitative estimate of drug-likeness (QED) is 0.694. The van der Waals surface area contributed by atoms with Crippen molar-refractivity contribution in [1.29, 1.82) is 0 Å². The smallest absolute Gasteiger partial charge is 0.312 e. The minimum atomic E-state index is -0.620. The van der Waals surface area contributed by atoms with Crippen LogP contribution in [-0.2, 0) is 14.9 Å². The minimum absolute atomic E-state index is 0.0856. The number of para-hydroxylation sites is 1. The zero-order valence-electron chi connectivity index (χ0n) is 11.2. The Labute approximate surface area is 112 Å². The summed E-state index contributed by atoms with van der Waals surface area (Å²) < 4.78 is 5.86. The monoisotopic (exact) mass is 258 g/mol. The molecule has 0 aromatic heterocycles. The molecule has 0 aliphatic carbocycles. The van der Waals surface area contributed by atoms with Crippen LogP contribution in [-0.4, -0.2) is 24.3 Å². The van der Waals surface area contributed by atoms with Crippen LogP contribution in [0.5, 0.6) is 0 Å². The predicted molar refractivity (Wildman–Crippen MR) is 71.8 cm³/mol. The number of piperidine rings is 1. The first kappa shape index (κ1) is 11.3. The molecule has 3 aliphatic rings. The van der Waals surface area contributed by atoms with E-state index < -0.39 is 5.72 Å². The number of carbonyl (C=O) groups excluding carboxylic acids is 1. The van der Waals surface area contributed by atoms with E-state index >= 15 is 0 Å². The Hall–Kier alpha value is -1.55. The number of nitrogens with one attached hydrogen (secondary N) is 2. The molecular weight excluding hydrogens is 240 g/mol. The van der Waals surface area contributed by atoms with Crippen LogP contribution in [0.15, 0.2) is 24.3 Å². The summed E-state index contributed by atoms with van der Waals surface area (Å²) in [6.07, 6.45) is 0.925. The molecular formula is C15H18N2O2. The molecule has 3 heterocycles. The largest absolute Gasteiger partial charge is 0.436 e. The Kier molecular flexibility index (Phi) is 1.97. The molecule has 2 fully saturated rings. The third-order valence-corrected chi connectivity index (χ3v) is 5.32. The SMILES string of the molecule is C[C@H]1C(=O)O[C@@]23Nc4ccccc4[C@@]12CCN[C@@H]3C. The number of fused-ring (bicyclic) bond motifs is 1. The van der Waals surface area contributed by atoms with Gasteiger partial charge in [0, 0.05) is 5.69 Å². The highest BCUT2D eigenvalue weighted by Crippen LogP contribution is 2.61. The first-order chi connectivity index (χ1) is 9.12. The molecule has 4 nitrogen and oxygen atoms in total. The van der Waals surface area contributed by atoms with Crippen molar-refractivity contribution in [2.24, 2.45) is 5.92 Å². The number of benzene rings is 1. The minimum Gasteiger partial charge on any atom is -0.436 e. The highest BCUT2D eigenvalue weighted by Gasteiger charge is 2.72. The van der Waals surface area contributed by atoms with Gasteiger partial charge in [-0.1, -0.05) is 25.1 Å². The van der Waals surface area contributed by atoms with Crippen LogP contribution < -0.4 is 10.6 Å². The maximum absolute atomic E-state index is 12.2. The topological polar surface area (TPSA) is 50.4 Å². The van der Waals surface area contributed by atoms with Crippen molar-refractivity contribution in [3.05, 3.63) is 29.8 Å². The molecule has 2 saturated heterocycles. The molecule has 4 rings (SSSR count). The average molecular weight is 258 g/mol. The molecule has 0 spiro atoms. The van der Waals surface area contributed by atoms with E-state index in [0.29, 0.717) is 0 Å². The zero-order valence-corrected chi connectivity index (χ0v) is 11.2. The summed E-state index contributed by atoms with van der Waals surface area (Å²) in [5.41, 5.74) is 1.50. The van der Waals surface area contributed by atoms with Crippen LogP contribution in [0.1, 0.15) is 25.8 Å². The van der Waals surface area contributed by atoms with Gasteiger partial charge < -0.3 is 15.4 Å². The standard InChI is InChI=1S/C15H18N2O2/c1-9-13(18)19-15-10(2)16-8-7-14(9,15)11-5-3-4-6-12(11)17-15/h3-6,9-10,16-17H,7-8H2,1-2H3/t9-,10+,14+,15+/m0/s1. The zero-order chi connectivity index (χ0) is 13.3. The van der Waals surface area contributed by atoms with Gasteiger partial charge >= 0.3 is 5.97 Å². The van der Waals surface area contributed by atoms with E-state index in [2.05, 4.69) is 29.7 Å². The van der Waals surface area contributed by atoms with Crippen molar-refractivity contribution in [3.63, 3.8) is 0 Å². The van der Waals surface area contributed by atoms with E-state index in [9.17, 15) is 4.79 Å². The van der Waals surface area contributed by atoms with Gasteiger partial charge in [0.25, 0.3) is 0 Å². The van der Waals surface area contributed by atoms with E-state index in [1.807, 2.05) is 19.1 Å². The number of anilines is 1. The summed E-state index contributed by atoms with van der Waals surface area (Å²) in [4.78, 5) is 12.2. The third-order valence-electron chi connectivity index (χ3n) is 5.32. The molecule has 0 unspecified atom stereocenters. The molecule has 19 heavy (non-hydrogen) atoms. The van der Waals surface area contributed by atoms with Crippen LogP contribution in [0, 0.1) is 5.92 Å². The average Bonchev–Trinajstić information content (AvgIpc) is 2.81. The molecule has 1 aromatic carbocycles. The summed E-state index contributed by atoms with van der Waals surface area (Å²) in [5.74, 6) is -0.189. The molecule has 0 radical (unpaired) electrons. The lowest BCUT2D eigenvalue weighted by molar-refractivity contribution is -0.151. The van der Waals surface area contributed by atoms with E-state index in [-0.39, 0.29) is 23.3 Å². The van der Waals surface area contributed by atoms with Gasteiger partial charge in [0.05, 0.1) is 17.4 Å². The van der Waals surface area contributed by atoms with Crippen molar-refractivity contribution in [2.45, 2.75) is 37.5 Å². The highest BCUT2D eigenvalue weighted by molar-refractivity contribution is 5.84. The van der Waals surface area contributed by atoms with E-state index in [4.69, 9.17) is 4.74 Å². The van der Waals surface area contributed by atoms with Gasteiger partial charge in [-0.25, -0.2) is 0 Å². The summed E-state index contributed by atoms with van der Waals surface area (Å²) in [6.45, 7) is 5.02. The molecule has 1 aromatic rings. The lowest BCUT2D eigenvalue weighted by Gasteiger charge is -2.47. The van der Waals surface area contributed by atoms with Gasteiger partial charge in [0.15, 0.2) is 0 Å². The molecule has 0 amide bonds. The first-order valence-electron chi connectivity index (χ1n) is 6.96. The Bertz CT molecular complexity index is 573. The maximum Gasteiger partial charge on any atom is 0.312 e. The van der Waals surface area contributed by atoms with Crippen molar-refractivity contribution < 1.29 is 9.53 Å². The molecule has 0 bridgehead atoms. The molecule has 0 saturated carbocycles. The van der Waals surface area contributed by atoms with Gasteiger partial charge in [-0.05, 0) is 31.5 Å². The Balaban J connectivity index is 2.02.